The van der Waals surface area contributed by atoms with Crippen molar-refractivity contribution in [3.05, 3.63) is 102 Å². The fraction of sp³-hybridized carbons (Fsp3) is 0.395. The minimum atomic E-state index is -0.684. The number of likely N-dealkylation sites (tertiary alicyclic amines) is 1. The minimum Gasteiger partial charge on any atom is -0.453 e. The minimum absolute atomic E-state index is 0.0198. The van der Waals surface area contributed by atoms with Crippen LogP contribution in [-0.4, -0.2) is 67.4 Å². The number of nitrogens with one attached hydrogen (secondary N) is 4. The fourth-order valence-electron chi connectivity index (χ4n) is 9.06. The average molecular weight is 759 g/mol. The molecule has 3 aromatic heterocycles. The molecule has 8 rings (SSSR count). The molecular formula is C43H47FN8O4. The van der Waals surface area contributed by atoms with Crippen LogP contribution in [0.25, 0.3) is 33.6 Å². The number of fused-ring (bicyclic) bond motifs is 2. The van der Waals surface area contributed by atoms with Crippen LogP contribution in [0, 0.1) is 29.6 Å². The lowest BCUT2D eigenvalue weighted by atomic mass is 9.78. The van der Waals surface area contributed by atoms with Crippen molar-refractivity contribution >= 4 is 17.9 Å². The second-order valence-corrected chi connectivity index (χ2v) is 15.7. The van der Waals surface area contributed by atoms with Crippen LogP contribution in [0.1, 0.15) is 75.1 Å². The van der Waals surface area contributed by atoms with Crippen molar-refractivity contribution in [3.63, 3.8) is 0 Å². The number of hydrogen-bond acceptors (Lipinski definition) is 7. The first-order chi connectivity index (χ1) is 27.2. The average Bonchev–Trinajstić information content (AvgIpc) is 4.08. The molecule has 1 saturated heterocycles. The Balaban J connectivity index is 0.914. The number of pyridine rings is 1. The fourth-order valence-corrected chi connectivity index (χ4v) is 9.06. The second kappa shape index (κ2) is 15.7. The summed E-state index contributed by atoms with van der Waals surface area (Å²) in [6.07, 6.45) is 9.33. The van der Waals surface area contributed by atoms with Crippen molar-refractivity contribution < 1.29 is 23.5 Å². The van der Waals surface area contributed by atoms with Crippen LogP contribution in [0.5, 0.6) is 0 Å². The number of alkyl carbamates (subject to hydrolysis) is 1. The summed E-state index contributed by atoms with van der Waals surface area (Å²) < 4.78 is 18.0. The predicted octanol–water partition coefficient (Wildman–Crippen LogP) is 7.16. The highest BCUT2D eigenvalue weighted by Gasteiger charge is 2.52. The molecule has 2 aliphatic carbocycles. The number of rotatable bonds is 11. The van der Waals surface area contributed by atoms with Gasteiger partial charge in [-0.1, -0.05) is 68.4 Å². The van der Waals surface area contributed by atoms with Gasteiger partial charge in [-0.2, -0.15) is 4.39 Å². The molecule has 13 heteroatoms. The number of carbonyl (C=O) groups excluding carboxylic acids is 3. The van der Waals surface area contributed by atoms with Crippen LogP contribution in [0.15, 0.2) is 79.3 Å². The third-order valence-electron chi connectivity index (χ3n) is 11.9. The van der Waals surface area contributed by atoms with E-state index < -0.39 is 18.1 Å². The van der Waals surface area contributed by atoms with Crippen LogP contribution in [-0.2, 0) is 20.9 Å². The van der Waals surface area contributed by atoms with Crippen LogP contribution in [0.4, 0.5) is 9.18 Å². The molecule has 4 N–H and O–H groups in total. The summed E-state index contributed by atoms with van der Waals surface area (Å²) in [7, 11) is 1.29. The van der Waals surface area contributed by atoms with E-state index in [9.17, 15) is 18.8 Å². The van der Waals surface area contributed by atoms with Crippen LogP contribution in [0.2, 0.25) is 0 Å². The molecule has 2 unspecified atom stereocenters. The largest absolute Gasteiger partial charge is 0.453 e. The number of halogens is 1. The van der Waals surface area contributed by atoms with Gasteiger partial charge < -0.3 is 30.2 Å². The zero-order valence-corrected chi connectivity index (χ0v) is 31.8. The van der Waals surface area contributed by atoms with E-state index in [2.05, 4.69) is 79.1 Å². The molecule has 2 bridgehead atoms. The lowest BCUT2D eigenvalue weighted by molar-refractivity contribution is -0.135. The van der Waals surface area contributed by atoms with Crippen LogP contribution < -0.4 is 10.6 Å². The summed E-state index contributed by atoms with van der Waals surface area (Å²) in [5.74, 6) is 1.47. The number of aromatic nitrogens is 5. The number of amides is 3. The highest BCUT2D eigenvalue weighted by atomic mass is 19.1. The van der Waals surface area contributed by atoms with E-state index >= 15 is 0 Å². The number of benzene rings is 2. The van der Waals surface area contributed by atoms with E-state index in [1.165, 1.54) is 19.4 Å². The first kappa shape index (κ1) is 37.1. The lowest BCUT2D eigenvalue weighted by Gasteiger charge is -2.30. The number of methoxy groups -OCH3 is 1. The number of nitrogens with zero attached hydrogens (tertiary/aromatic N) is 4. The molecule has 0 radical (unpaired) electrons. The van der Waals surface area contributed by atoms with Gasteiger partial charge in [0.15, 0.2) is 0 Å². The Kier molecular flexibility index (Phi) is 10.4. The first-order valence-electron chi connectivity index (χ1n) is 19.5. The van der Waals surface area contributed by atoms with Crippen molar-refractivity contribution in [3.8, 4) is 33.6 Å². The van der Waals surface area contributed by atoms with E-state index in [0.717, 1.165) is 83.0 Å². The summed E-state index contributed by atoms with van der Waals surface area (Å²) in [5, 5.41) is 5.77. The van der Waals surface area contributed by atoms with Gasteiger partial charge in [-0.3, -0.25) is 9.59 Å². The zero-order valence-electron chi connectivity index (χ0n) is 31.8. The summed E-state index contributed by atoms with van der Waals surface area (Å²) >= 11 is 0. The lowest BCUT2D eigenvalue weighted by Crippen LogP contribution is -2.51. The summed E-state index contributed by atoms with van der Waals surface area (Å²) in [4.78, 5) is 61.0. The van der Waals surface area contributed by atoms with Crippen molar-refractivity contribution in [2.24, 2.45) is 23.7 Å². The van der Waals surface area contributed by atoms with E-state index in [-0.39, 0.29) is 35.6 Å². The SMILES string of the molecule is COC(=O)N[C@H](C(=O)N1CCC[C@H]1c1ncc(-c2ccc(-c3ccc(-c4cnc([C@H]5C6CCC(C6)[C@@H]5C(=O)NCc5ccc(F)nc5)[nH]4)cc3)cc2)[nH]1)C(C)C. The number of ether oxygens (including phenoxy) is 1. The van der Waals surface area contributed by atoms with Gasteiger partial charge in [0.25, 0.3) is 0 Å². The molecule has 12 nitrogen and oxygen atoms in total. The molecule has 2 saturated carbocycles. The third-order valence-corrected chi connectivity index (χ3v) is 11.9. The maximum atomic E-state index is 13.5. The van der Waals surface area contributed by atoms with Gasteiger partial charge in [-0.05, 0) is 83.7 Å². The normalized spacial score (nSPS) is 22.0. The molecule has 290 valence electrons. The zero-order chi connectivity index (χ0) is 38.9. The Hall–Kier alpha value is -5.85. The Morgan fingerprint density at radius 3 is 2.07 bits per heavy atom. The van der Waals surface area contributed by atoms with Crippen LogP contribution >= 0.6 is 0 Å². The highest BCUT2D eigenvalue weighted by Crippen LogP contribution is 2.56. The number of carbonyl (C=O) groups is 3. The van der Waals surface area contributed by atoms with Crippen molar-refractivity contribution in [2.45, 2.75) is 70.5 Å². The summed E-state index contributed by atoms with van der Waals surface area (Å²) in [5.41, 5.74) is 6.69. The number of aromatic amines is 2. The molecule has 3 fully saturated rings. The topological polar surface area (TPSA) is 158 Å². The molecule has 2 aromatic carbocycles. The molecule has 1 aliphatic heterocycles. The first-order valence-corrected chi connectivity index (χ1v) is 19.5. The van der Waals surface area contributed by atoms with Crippen molar-refractivity contribution in [1.29, 1.82) is 0 Å². The molecular weight excluding hydrogens is 712 g/mol. The number of imidazole rings is 2. The van der Waals surface area contributed by atoms with E-state index in [4.69, 9.17) is 9.72 Å². The summed E-state index contributed by atoms with van der Waals surface area (Å²) in [6, 6.07) is 18.7. The molecule has 6 atom stereocenters. The molecule has 5 aromatic rings. The van der Waals surface area contributed by atoms with Gasteiger partial charge in [0, 0.05) is 25.2 Å². The second-order valence-electron chi connectivity index (χ2n) is 15.7. The third kappa shape index (κ3) is 7.42. The molecule has 3 amide bonds. The standard InChI is InChI=1S/C43H47FN8O4/c1-24(2)38(51-43(55)56-3)42(54)52-18-4-5-34(52)39-46-22-32(49-39)28-11-7-26(8-12-28)27-9-13-29(14-10-27)33-23-47-40(50-33)36-30-15-16-31(19-30)37(36)41(53)48-21-25-6-17-35(44)45-20-25/h6-14,17,20,22-24,30-31,34,36-38H,4-5,15-16,18-19,21H2,1-3H3,(H,46,49)(H,47,50)(H,48,53)(H,51,55)/t30?,31?,34-,36-,37-,38-/m0/s1. The monoisotopic (exact) mass is 758 g/mol. The van der Waals surface area contributed by atoms with Gasteiger partial charge in [0.1, 0.15) is 17.7 Å². The van der Waals surface area contributed by atoms with Gasteiger partial charge in [0.05, 0.1) is 42.9 Å². The van der Waals surface area contributed by atoms with Crippen molar-refractivity contribution in [1.82, 2.24) is 40.5 Å². The maximum Gasteiger partial charge on any atom is 0.407 e. The van der Waals surface area contributed by atoms with E-state index in [1.807, 2.05) is 31.1 Å². The molecule has 56 heavy (non-hydrogen) atoms. The van der Waals surface area contributed by atoms with E-state index in [1.54, 1.807) is 6.07 Å². The summed E-state index contributed by atoms with van der Waals surface area (Å²) in [6.45, 7) is 4.72. The Morgan fingerprint density at radius 1 is 0.821 bits per heavy atom. The van der Waals surface area contributed by atoms with Gasteiger partial charge in [0.2, 0.25) is 17.8 Å². The van der Waals surface area contributed by atoms with E-state index in [0.29, 0.717) is 24.9 Å². The Labute approximate surface area is 325 Å². The molecule has 3 aliphatic rings. The Bertz CT molecular complexity index is 2180. The van der Waals surface area contributed by atoms with Gasteiger partial charge >= 0.3 is 6.09 Å². The highest BCUT2D eigenvalue weighted by molar-refractivity contribution is 5.86. The number of H-pyrrole nitrogens is 2. The quantitative estimate of drug-likeness (QED) is 0.104. The smallest absolute Gasteiger partial charge is 0.407 e. The predicted molar refractivity (Wildman–Crippen MR) is 208 cm³/mol. The Morgan fingerprint density at radius 2 is 1.45 bits per heavy atom. The molecule has 4 heterocycles. The van der Waals surface area contributed by atoms with Gasteiger partial charge in [-0.15, -0.1) is 0 Å². The van der Waals surface area contributed by atoms with Gasteiger partial charge in [-0.25, -0.2) is 19.7 Å². The number of hydrogen-bond donors (Lipinski definition) is 4. The molecule has 0 spiro atoms. The maximum absolute atomic E-state index is 13.5. The van der Waals surface area contributed by atoms with Crippen LogP contribution in [0.3, 0.4) is 0 Å². The van der Waals surface area contributed by atoms with Crippen molar-refractivity contribution in [2.75, 3.05) is 13.7 Å².